The van der Waals surface area contributed by atoms with Crippen molar-refractivity contribution < 1.29 is 14.4 Å². The van der Waals surface area contributed by atoms with Crippen molar-refractivity contribution in [2.75, 3.05) is 7.05 Å². The second kappa shape index (κ2) is 3.55. The van der Waals surface area contributed by atoms with Crippen molar-refractivity contribution in [2.45, 2.75) is 25.8 Å². The summed E-state index contributed by atoms with van der Waals surface area (Å²) in [5, 5.41) is 2.19. The first-order valence-electron chi connectivity index (χ1n) is 4.09. The van der Waals surface area contributed by atoms with Crippen molar-refractivity contribution >= 4 is 17.7 Å². The largest absolute Gasteiger partial charge is 0.334 e. The molecule has 0 bridgehead atoms. The van der Waals surface area contributed by atoms with E-state index in [9.17, 15) is 14.4 Å². The Balaban J connectivity index is 2.66. The Kier molecular flexibility index (Phi) is 2.65. The Morgan fingerprint density at radius 1 is 1.54 bits per heavy atom. The Morgan fingerprint density at radius 2 is 2.15 bits per heavy atom. The maximum Gasteiger partial charge on any atom is 0.249 e. The van der Waals surface area contributed by atoms with Crippen LogP contribution in [0.2, 0.25) is 0 Å². The van der Waals surface area contributed by atoms with Gasteiger partial charge in [-0.05, 0) is 6.42 Å². The molecule has 0 aliphatic carbocycles. The SMILES string of the molecule is CC(=O)N(C)C1CCC(=O)NC1=O. The van der Waals surface area contributed by atoms with Crippen molar-refractivity contribution in [3.63, 3.8) is 0 Å². The van der Waals surface area contributed by atoms with E-state index in [1.54, 1.807) is 7.05 Å². The van der Waals surface area contributed by atoms with Crippen LogP contribution in [0.15, 0.2) is 0 Å². The van der Waals surface area contributed by atoms with Gasteiger partial charge in [0.2, 0.25) is 17.7 Å². The summed E-state index contributed by atoms with van der Waals surface area (Å²) in [6, 6.07) is -0.491. The lowest BCUT2D eigenvalue weighted by atomic mass is 10.1. The molecule has 72 valence electrons. The molecule has 1 aliphatic rings. The highest BCUT2D eigenvalue weighted by Crippen LogP contribution is 2.10. The number of imide groups is 1. The van der Waals surface area contributed by atoms with Crippen LogP contribution in [-0.4, -0.2) is 35.7 Å². The number of carbonyl (C=O) groups excluding carboxylic acids is 3. The lowest BCUT2D eigenvalue weighted by Gasteiger charge is -2.28. The number of hydrogen-bond donors (Lipinski definition) is 1. The topological polar surface area (TPSA) is 66.5 Å². The lowest BCUT2D eigenvalue weighted by Crippen LogP contribution is -2.52. The van der Waals surface area contributed by atoms with Crippen LogP contribution in [0.3, 0.4) is 0 Å². The number of amides is 3. The van der Waals surface area contributed by atoms with Gasteiger partial charge < -0.3 is 4.90 Å². The summed E-state index contributed by atoms with van der Waals surface area (Å²) >= 11 is 0. The molecule has 0 aromatic carbocycles. The van der Waals surface area contributed by atoms with Gasteiger partial charge >= 0.3 is 0 Å². The number of likely N-dealkylation sites (N-methyl/N-ethyl adjacent to an activating group) is 1. The van der Waals surface area contributed by atoms with Gasteiger partial charge in [-0.25, -0.2) is 0 Å². The molecule has 0 radical (unpaired) electrons. The van der Waals surface area contributed by atoms with Crippen LogP contribution in [0.25, 0.3) is 0 Å². The maximum absolute atomic E-state index is 11.2. The van der Waals surface area contributed by atoms with E-state index < -0.39 is 6.04 Å². The molecule has 13 heavy (non-hydrogen) atoms. The van der Waals surface area contributed by atoms with Gasteiger partial charge in [0.1, 0.15) is 6.04 Å². The van der Waals surface area contributed by atoms with Crippen molar-refractivity contribution in [3.8, 4) is 0 Å². The first-order valence-corrected chi connectivity index (χ1v) is 4.09. The molecule has 1 rings (SSSR count). The molecule has 5 heteroatoms. The molecule has 1 aliphatic heterocycles. The molecule has 0 saturated carbocycles. The van der Waals surface area contributed by atoms with Gasteiger partial charge in [-0.2, -0.15) is 0 Å². The Labute approximate surface area is 76.1 Å². The van der Waals surface area contributed by atoms with Gasteiger partial charge in [-0.1, -0.05) is 0 Å². The second-order valence-electron chi connectivity index (χ2n) is 3.10. The second-order valence-corrected chi connectivity index (χ2v) is 3.10. The average Bonchev–Trinajstić information content (AvgIpc) is 2.03. The third kappa shape index (κ3) is 2.05. The predicted molar refractivity (Wildman–Crippen MR) is 44.6 cm³/mol. The molecule has 5 nitrogen and oxygen atoms in total. The van der Waals surface area contributed by atoms with E-state index in [1.807, 2.05) is 0 Å². The normalized spacial score (nSPS) is 22.5. The predicted octanol–water partition coefficient (Wildman–Crippen LogP) is -0.730. The molecule has 3 amide bonds. The summed E-state index contributed by atoms with van der Waals surface area (Å²) in [5.41, 5.74) is 0. The van der Waals surface area contributed by atoms with Crippen LogP contribution in [0.5, 0.6) is 0 Å². The zero-order valence-corrected chi connectivity index (χ0v) is 7.66. The molecular weight excluding hydrogens is 172 g/mol. The summed E-state index contributed by atoms with van der Waals surface area (Å²) in [6.07, 6.45) is 0.717. The first-order chi connectivity index (χ1) is 6.02. The minimum Gasteiger partial charge on any atom is -0.334 e. The van der Waals surface area contributed by atoms with E-state index in [2.05, 4.69) is 5.32 Å². The molecule has 1 atom stereocenters. The molecule has 0 aromatic rings. The van der Waals surface area contributed by atoms with Gasteiger partial charge in [0.15, 0.2) is 0 Å². The van der Waals surface area contributed by atoms with Gasteiger partial charge in [0.05, 0.1) is 0 Å². The van der Waals surface area contributed by atoms with E-state index in [1.165, 1.54) is 11.8 Å². The molecule has 0 aromatic heterocycles. The molecule has 1 N–H and O–H groups in total. The zero-order chi connectivity index (χ0) is 10.0. The summed E-state index contributed by atoms with van der Waals surface area (Å²) in [4.78, 5) is 34.3. The quantitative estimate of drug-likeness (QED) is 0.546. The number of piperidine rings is 1. The number of nitrogens with one attached hydrogen (secondary N) is 1. The monoisotopic (exact) mass is 184 g/mol. The lowest BCUT2D eigenvalue weighted by molar-refractivity contribution is -0.143. The van der Waals surface area contributed by atoms with Gasteiger partial charge in [0.25, 0.3) is 0 Å². The maximum atomic E-state index is 11.2. The van der Waals surface area contributed by atoms with Crippen molar-refractivity contribution in [2.24, 2.45) is 0 Å². The van der Waals surface area contributed by atoms with E-state index in [-0.39, 0.29) is 17.7 Å². The van der Waals surface area contributed by atoms with Gasteiger partial charge in [-0.3, -0.25) is 19.7 Å². The third-order valence-corrected chi connectivity index (χ3v) is 2.17. The summed E-state index contributed by atoms with van der Waals surface area (Å²) in [5.74, 6) is -0.818. The number of nitrogens with zero attached hydrogens (tertiary/aromatic N) is 1. The average molecular weight is 184 g/mol. The number of rotatable bonds is 1. The minimum absolute atomic E-state index is 0.172. The molecule has 1 heterocycles. The standard InChI is InChI=1S/C8H12N2O3/c1-5(11)10(2)6-3-4-7(12)9-8(6)13/h6H,3-4H2,1-2H3,(H,9,12,13). The first kappa shape index (κ1) is 9.70. The Hall–Kier alpha value is -1.39. The fourth-order valence-corrected chi connectivity index (χ4v) is 1.27. The minimum atomic E-state index is -0.491. The van der Waals surface area contributed by atoms with Crippen LogP contribution < -0.4 is 5.32 Å². The molecule has 0 spiro atoms. The highest BCUT2D eigenvalue weighted by molar-refractivity contribution is 6.01. The van der Waals surface area contributed by atoms with Gasteiger partial charge in [-0.15, -0.1) is 0 Å². The fourth-order valence-electron chi connectivity index (χ4n) is 1.27. The Morgan fingerprint density at radius 3 is 2.62 bits per heavy atom. The molecular formula is C8H12N2O3. The molecule has 1 unspecified atom stereocenters. The zero-order valence-electron chi connectivity index (χ0n) is 7.66. The van der Waals surface area contributed by atoms with Crippen molar-refractivity contribution in [1.82, 2.24) is 10.2 Å². The van der Waals surface area contributed by atoms with Crippen LogP contribution in [0.4, 0.5) is 0 Å². The van der Waals surface area contributed by atoms with E-state index >= 15 is 0 Å². The highest BCUT2D eigenvalue weighted by atomic mass is 16.2. The molecule has 1 fully saturated rings. The smallest absolute Gasteiger partial charge is 0.249 e. The van der Waals surface area contributed by atoms with Crippen LogP contribution in [0, 0.1) is 0 Å². The summed E-state index contributed by atoms with van der Waals surface area (Å²) in [6.45, 7) is 1.39. The molecule has 1 saturated heterocycles. The summed E-state index contributed by atoms with van der Waals surface area (Å²) < 4.78 is 0. The Bertz CT molecular complexity index is 262. The van der Waals surface area contributed by atoms with E-state index in [4.69, 9.17) is 0 Å². The van der Waals surface area contributed by atoms with Crippen LogP contribution in [0.1, 0.15) is 19.8 Å². The summed E-state index contributed by atoms with van der Waals surface area (Å²) in [7, 11) is 1.56. The van der Waals surface area contributed by atoms with Crippen LogP contribution in [-0.2, 0) is 14.4 Å². The van der Waals surface area contributed by atoms with Crippen molar-refractivity contribution in [1.29, 1.82) is 0 Å². The fraction of sp³-hybridized carbons (Fsp3) is 0.625. The van der Waals surface area contributed by atoms with E-state index in [0.717, 1.165) is 0 Å². The van der Waals surface area contributed by atoms with Gasteiger partial charge in [0, 0.05) is 20.4 Å². The third-order valence-electron chi connectivity index (χ3n) is 2.17. The number of hydrogen-bond acceptors (Lipinski definition) is 3. The van der Waals surface area contributed by atoms with Crippen molar-refractivity contribution in [3.05, 3.63) is 0 Å². The van der Waals surface area contributed by atoms with E-state index in [0.29, 0.717) is 12.8 Å². The van der Waals surface area contributed by atoms with Crippen LogP contribution >= 0.6 is 0 Å². The highest BCUT2D eigenvalue weighted by Gasteiger charge is 2.30. The number of carbonyl (C=O) groups is 3.